The normalized spacial score (nSPS) is 16.5. The average molecular weight is 978 g/mol. The van der Waals surface area contributed by atoms with Crippen molar-refractivity contribution >= 4 is 51.1 Å². The summed E-state index contributed by atoms with van der Waals surface area (Å²) in [6, 6.07) is 32.2. The summed E-state index contributed by atoms with van der Waals surface area (Å²) in [6.07, 6.45) is 8.76. The summed E-state index contributed by atoms with van der Waals surface area (Å²) in [7, 11) is 1.97. The summed E-state index contributed by atoms with van der Waals surface area (Å²) in [6.45, 7) is 17.7. The van der Waals surface area contributed by atoms with Crippen LogP contribution in [0.5, 0.6) is 5.75 Å². The third kappa shape index (κ3) is 8.30. The standard InChI is InChI=1S/C30H31N5O2.C28H28N4O4/c1-4-6-19-34(20-9-16-31)23-14-12-22(13-15-23)30(28-27(29(36)37-30)32-17-18-33-28)26-21(3)35(5-2)25-11-8-7-10-24(25)26;1-6-32(7-2)19-12-13-21(23(16-19)35-18(4)33)28(26-25(27(34)36-28)29-14-15-30-26)24-17(3)31(5)22-11-9-8-10-20(22)24/h7-8,10-15,17-18H,4-6,9,19-20H2,1-3H3;8-16H,6-7H2,1-5H3. The lowest BCUT2D eigenvalue weighted by molar-refractivity contribution is -0.132. The minimum atomic E-state index is -1.46. The van der Waals surface area contributed by atoms with Gasteiger partial charge in [0.2, 0.25) is 11.2 Å². The maximum absolute atomic E-state index is 13.2. The number of unbranched alkanes of at least 4 members (excludes halogenated alkanes) is 1. The molecule has 10 rings (SSSR count). The number of hydrogen-bond donors (Lipinski definition) is 0. The summed E-state index contributed by atoms with van der Waals surface area (Å²) in [5, 5.41) is 11.1. The van der Waals surface area contributed by atoms with Gasteiger partial charge in [-0.2, -0.15) is 5.26 Å². The number of hydrogen-bond acceptors (Lipinski definition) is 13. The Hall–Kier alpha value is -8.38. The van der Waals surface area contributed by atoms with Gasteiger partial charge in [0.1, 0.15) is 17.1 Å². The van der Waals surface area contributed by atoms with Crippen LogP contribution in [0.25, 0.3) is 21.8 Å². The number of para-hydroxylation sites is 2. The molecule has 0 fully saturated rings. The van der Waals surface area contributed by atoms with Gasteiger partial charge < -0.3 is 33.1 Å². The second kappa shape index (κ2) is 20.4. The van der Waals surface area contributed by atoms with E-state index in [1.807, 2.05) is 80.7 Å². The largest absolute Gasteiger partial charge is 0.438 e. The number of ether oxygens (including phenoxy) is 3. The first-order valence-electron chi connectivity index (χ1n) is 24.9. The van der Waals surface area contributed by atoms with Crippen molar-refractivity contribution in [3.63, 3.8) is 0 Å². The highest BCUT2D eigenvalue weighted by Crippen LogP contribution is 2.53. The van der Waals surface area contributed by atoms with E-state index >= 15 is 0 Å². The highest BCUT2D eigenvalue weighted by molar-refractivity contribution is 5.98. The van der Waals surface area contributed by atoms with Crippen LogP contribution in [0.15, 0.2) is 116 Å². The van der Waals surface area contributed by atoms with Crippen molar-refractivity contribution in [2.75, 3.05) is 36.0 Å². The molecule has 0 N–H and O–H groups in total. The lowest BCUT2D eigenvalue weighted by Gasteiger charge is -2.31. The van der Waals surface area contributed by atoms with Crippen LogP contribution in [-0.2, 0) is 39.1 Å². The minimum absolute atomic E-state index is 0.145. The van der Waals surface area contributed by atoms with Crippen LogP contribution in [0.3, 0.4) is 0 Å². The Balaban J connectivity index is 0.000000180. The number of esters is 3. The van der Waals surface area contributed by atoms with Crippen molar-refractivity contribution in [2.24, 2.45) is 7.05 Å². The van der Waals surface area contributed by atoms with Gasteiger partial charge in [-0.1, -0.05) is 61.9 Å². The van der Waals surface area contributed by atoms with Crippen LogP contribution in [-0.4, -0.2) is 73.2 Å². The van der Waals surface area contributed by atoms with Gasteiger partial charge in [-0.05, 0) is 77.4 Å². The highest BCUT2D eigenvalue weighted by Gasteiger charge is 2.56. The number of nitrogens with zero attached hydrogens (tertiary/aromatic N) is 9. The molecule has 0 aliphatic carbocycles. The summed E-state index contributed by atoms with van der Waals surface area (Å²) >= 11 is 0. The smallest absolute Gasteiger partial charge is 0.360 e. The molecule has 6 heterocycles. The number of aryl methyl sites for hydroxylation is 2. The molecule has 2 aliphatic rings. The van der Waals surface area contributed by atoms with Gasteiger partial charge in [0.05, 0.1) is 12.5 Å². The number of nitriles is 1. The molecule has 0 bridgehead atoms. The number of aromatic nitrogens is 6. The van der Waals surface area contributed by atoms with E-state index in [-0.39, 0.29) is 11.4 Å². The number of fused-ring (bicyclic) bond motifs is 4. The maximum atomic E-state index is 13.2. The molecule has 15 heteroatoms. The van der Waals surface area contributed by atoms with Crippen LogP contribution >= 0.6 is 0 Å². The van der Waals surface area contributed by atoms with E-state index in [1.165, 1.54) is 19.3 Å². The van der Waals surface area contributed by atoms with Crippen molar-refractivity contribution in [3.8, 4) is 11.8 Å². The molecule has 4 aromatic carbocycles. The van der Waals surface area contributed by atoms with Crippen molar-refractivity contribution in [1.29, 1.82) is 5.26 Å². The molecule has 2 atom stereocenters. The molecule has 372 valence electrons. The fourth-order valence-corrected chi connectivity index (χ4v) is 10.8. The summed E-state index contributed by atoms with van der Waals surface area (Å²) in [5.41, 5.74) is 7.54. The molecule has 0 saturated heterocycles. The second-order valence-electron chi connectivity index (χ2n) is 18.1. The van der Waals surface area contributed by atoms with Crippen LogP contribution in [0.1, 0.15) is 120 Å². The van der Waals surface area contributed by atoms with Crippen molar-refractivity contribution in [3.05, 3.63) is 172 Å². The van der Waals surface area contributed by atoms with Crippen LogP contribution < -0.4 is 14.5 Å². The Labute approximate surface area is 425 Å². The number of carbonyl (C=O) groups excluding carboxylic acids is 3. The molecule has 15 nitrogen and oxygen atoms in total. The maximum Gasteiger partial charge on any atom is 0.360 e. The van der Waals surface area contributed by atoms with Crippen LogP contribution in [0.2, 0.25) is 0 Å². The zero-order valence-electron chi connectivity index (χ0n) is 42.6. The Kier molecular flexibility index (Phi) is 13.9. The van der Waals surface area contributed by atoms with E-state index in [4.69, 9.17) is 19.5 Å². The Bertz CT molecular complexity index is 3440. The molecule has 0 spiro atoms. The van der Waals surface area contributed by atoms with E-state index in [0.29, 0.717) is 35.7 Å². The average Bonchev–Trinajstić information content (AvgIpc) is 4.07. The zero-order chi connectivity index (χ0) is 51.6. The Morgan fingerprint density at radius 2 is 1.26 bits per heavy atom. The third-order valence-electron chi connectivity index (χ3n) is 14.2. The van der Waals surface area contributed by atoms with E-state index in [1.54, 1.807) is 12.4 Å². The van der Waals surface area contributed by atoms with Crippen LogP contribution in [0, 0.1) is 25.2 Å². The molecule has 8 aromatic rings. The van der Waals surface area contributed by atoms with E-state index in [2.05, 4.69) is 104 Å². The quantitative estimate of drug-likeness (QED) is 0.0703. The Morgan fingerprint density at radius 1 is 0.699 bits per heavy atom. The first kappa shape index (κ1) is 49.6. The molecule has 2 unspecified atom stereocenters. The molecule has 0 saturated carbocycles. The summed E-state index contributed by atoms with van der Waals surface area (Å²) < 4.78 is 22.7. The van der Waals surface area contributed by atoms with Gasteiger partial charge in [0, 0.05) is 144 Å². The predicted molar refractivity (Wildman–Crippen MR) is 280 cm³/mol. The third-order valence-corrected chi connectivity index (χ3v) is 14.2. The van der Waals surface area contributed by atoms with Crippen molar-refractivity contribution < 1.29 is 28.6 Å². The molecular formula is C58H59N9O6. The molecule has 0 radical (unpaired) electrons. The van der Waals surface area contributed by atoms with Gasteiger partial charge in [-0.15, -0.1) is 0 Å². The van der Waals surface area contributed by atoms with Crippen molar-refractivity contribution in [1.82, 2.24) is 29.1 Å². The molecule has 2 aliphatic heterocycles. The van der Waals surface area contributed by atoms with E-state index in [0.717, 1.165) is 100 Å². The second-order valence-corrected chi connectivity index (χ2v) is 18.1. The fourth-order valence-electron chi connectivity index (χ4n) is 10.8. The molecule has 73 heavy (non-hydrogen) atoms. The Morgan fingerprint density at radius 3 is 1.86 bits per heavy atom. The van der Waals surface area contributed by atoms with Gasteiger partial charge in [0.25, 0.3) is 0 Å². The lowest BCUT2D eigenvalue weighted by atomic mass is 9.81. The van der Waals surface area contributed by atoms with Gasteiger partial charge in [-0.3, -0.25) is 14.8 Å². The highest BCUT2D eigenvalue weighted by atomic mass is 16.6. The summed E-state index contributed by atoms with van der Waals surface area (Å²) in [4.78, 5) is 61.0. The zero-order valence-corrected chi connectivity index (χ0v) is 42.6. The SMILES string of the molecule is CCCCN(CCC#N)c1ccc(C2(c3c(C)n(CC)c4ccccc34)OC(=O)c3nccnc32)cc1.CCN(CC)c1ccc(C2(c3c(C)n(C)c4ccccc34)OC(=O)c3nccnc32)c(OC(C)=O)c1. The molecular weight excluding hydrogens is 919 g/mol. The molecule has 0 amide bonds. The molecule has 4 aromatic heterocycles. The number of anilines is 2. The first-order valence-corrected chi connectivity index (χ1v) is 24.9. The number of cyclic esters (lactones) is 2. The number of benzene rings is 4. The monoisotopic (exact) mass is 977 g/mol. The summed E-state index contributed by atoms with van der Waals surface area (Å²) in [5.74, 6) is -1.21. The van der Waals surface area contributed by atoms with Crippen molar-refractivity contribution in [2.45, 2.75) is 85.5 Å². The van der Waals surface area contributed by atoms with E-state index in [9.17, 15) is 14.4 Å². The van der Waals surface area contributed by atoms with Gasteiger partial charge >= 0.3 is 17.9 Å². The van der Waals surface area contributed by atoms with Crippen LogP contribution in [0.4, 0.5) is 11.4 Å². The first-order chi connectivity index (χ1) is 35.4. The predicted octanol–water partition coefficient (Wildman–Crippen LogP) is 10.3. The number of rotatable bonds is 15. The van der Waals surface area contributed by atoms with Gasteiger partial charge in [0.15, 0.2) is 11.4 Å². The van der Waals surface area contributed by atoms with E-state index < -0.39 is 29.1 Å². The topological polar surface area (TPSA) is 171 Å². The lowest BCUT2D eigenvalue weighted by Crippen LogP contribution is -2.32. The number of carbonyl (C=O) groups is 3. The fraction of sp³-hybridized carbons (Fsp3) is 0.310. The van der Waals surface area contributed by atoms with Gasteiger partial charge in [-0.25, -0.2) is 19.6 Å². The minimum Gasteiger partial charge on any atom is -0.438 e.